The molecule has 3 aromatic rings. The molecule has 3 N–H and O–H groups in total. The van der Waals surface area contributed by atoms with E-state index in [4.69, 9.17) is 0 Å². The lowest BCUT2D eigenvalue weighted by Gasteiger charge is -2.06. The molecule has 0 unspecified atom stereocenters. The number of aromatic hydroxyl groups is 1. The zero-order chi connectivity index (χ0) is 13.9. The molecule has 0 saturated carbocycles. The molecule has 0 aliphatic rings. The van der Waals surface area contributed by atoms with E-state index in [-0.39, 0.29) is 5.75 Å². The Hall–Kier alpha value is -2.62. The molecule has 0 amide bonds. The topological polar surface area (TPSA) is 59.3 Å². The van der Waals surface area contributed by atoms with Gasteiger partial charge in [0.2, 0.25) is 0 Å². The number of nitrogens with zero attached hydrogens (tertiary/aromatic N) is 1. The minimum Gasteiger partial charge on any atom is -0.506 e. The molecule has 0 fully saturated rings. The van der Waals surface area contributed by atoms with Crippen molar-refractivity contribution in [3.05, 3.63) is 59.9 Å². The van der Waals surface area contributed by atoms with Gasteiger partial charge in [-0.05, 0) is 31.2 Å². The summed E-state index contributed by atoms with van der Waals surface area (Å²) in [5, 5.41) is 14.2. The number of fused-ring (bicyclic) bond motifs is 1. The lowest BCUT2D eigenvalue weighted by molar-refractivity contribution is -0.361. The standard InChI is InChI=1S/C16H15N3O/c1-11-4-2-9-18-16(11)19-10-12-6-7-14(20)15-13(12)5-3-8-17-15/h2-9,20H,10H2,1H3,(H,18,19)/p+1. The van der Waals surface area contributed by atoms with Crippen LogP contribution in [-0.2, 0) is 6.54 Å². The molecule has 3 rings (SSSR count). The van der Waals surface area contributed by atoms with Gasteiger partial charge in [0.05, 0.1) is 6.20 Å². The van der Waals surface area contributed by atoms with E-state index in [0.717, 1.165) is 22.3 Å². The maximum Gasteiger partial charge on any atom is 0.275 e. The van der Waals surface area contributed by atoms with Gasteiger partial charge in [0.1, 0.15) is 17.8 Å². The highest BCUT2D eigenvalue weighted by Crippen LogP contribution is 2.25. The molecule has 20 heavy (non-hydrogen) atoms. The molecule has 0 bridgehead atoms. The average Bonchev–Trinajstić information content (AvgIpc) is 2.48. The summed E-state index contributed by atoms with van der Waals surface area (Å²) < 4.78 is 0. The SMILES string of the molecule is Cc1ccc[nH+]c1NCc1ccc(O)c2ncccc12. The average molecular weight is 266 g/mol. The van der Waals surface area contributed by atoms with Crippen LogP contribution in [0.2, 0.25) is 0 Å². The number of phenolic OH excluding ortho intramolecular Hbond substituents is 1. The van der Waals surface area contributed by atoms with Crippen LogP contribution in [0, 0.1) is 6.92 Å². The summed E-state index contributed by atoms with van der Waals surface area (Å²) in [6.07, 6.45) is 3.58. The Morgan fingerprint density at radius 1 is 1.20 bits per heavy atom. The molecule has 0 aliphatic heterocycles. The number of pyridine rings is 2. The van der Waals surface area contributed by atoms with E-state index < -0.39 is 0 Å². The fraction of sp³-hybridized carbons (Fsp3) is 0.125. The first-order valence-electron chi connectivity index (χ1n) is 6.52. The van der Waals surface area contributed by atoms with Crippen molar-refractivity contribution in [3.8, 4) is 5.75 Å². The fourth-order valence-electron chi connectivity index (χ4n) is 2.27. The van der Waals surface area contributed by atoms with Crippen LogP contribution >= 0.6 is 0 Å². The number of phenols is 1. The van der Waals surface area contributed by atoms with Gasteiger partial charge in [-0.3, -0.25) is 10.3 Å². The number of aromatic amines is 1. The van der Waals surface area contributed by atoms with Crippen molar-refractivity contribution in [2.24, 2.45) is 0 Å². The van der Waals surface area contributed by atoms with E-state index in [0.29, 0.717) is 12.1 Å². The van der Waals surface area contributed by atoms with Gasteiger partial charge >= 0.3 is 0 Å². The van der Waals surface area contributed by atoms with Gasteiger partial charge in [0.15, 0.2) is 0 Å². The number of aryl methyl sites for hydroxylation is 1. The second-order valence-corrected chi connectivity index (χ2v) is 4.73. The first-order valence-corrected chi connectivity index (χ1v) is 6.52. The monoisotopic (exact) mass is 266 g/mol. The molecule has 0 saturated heterocycles. The van der Waals surface area contributed by atoms with Gasteiger partial charge in [-0.1, -0.05) is 12.1 Å². The van der Waals surface area contributed by atoms with Crippen molar-refractivity contribution in [1.82, 2.24) is 4.98 Å². The van der Waals surface area contributed by atoms with Crippen molar-refractivity contribution >= 4 is 16.7 Å². The summed E-state index contributed by atoms with van der Waals surface area (Å²) >= 11 is 0. The van der Waals surface area contributed by atoms with E-state index in [2.05, 4.69) is 28.3 Å². The molecule has 0 spiro atoms. The summed E-state index contributed by atoms with van der Waals surface area (Å²) in [4.78, 5) is 7.42. The third kappa shape index (κ3) is 2.28. The molecule has 0 radical (unpaired) electrons. The molecule has 0 atom stereocenters. The van der Waals surface area contributed by atoms with Crippen LogP contribution in [0.25, 0.3) is 10.9 Å². The molecule has 2 aromatic heterocycles. The minimum atomic E-state index is 0.215. The first kappa shape index (κ1) is 12.4. The molecule has 4 nitrogen and oxygen atoms in total. The lowest BCUT2D eigenvalue weighted by Crippen LogP contribution is -2.14. The second kappa shape index (κ2) is 5.17. The predicted molar refractivity (Wildman–Crippen MR) is 78.5 cm³/mol. The number of nitrogens with one attached hydrogen (secondary N) is 2. The van der Waals surface area contributed by atoms with Crippen LogP contribution in [0.1, 0.15) is 11.1 Å². The van der Waals surface area contributed by atoms with Crippen LogP contribution < -0.4 is 10.3 Å². The van der Waals surface area contributed by atoms with Crippen LogP contribution in [0.5, 0.6) is 5.75 Å². The molecule has 1 aromatic carbocycles. The van der Waals surface area contributed by atoms with Crippen molar-refractivity contribution in [2.75, 3.05) is 5.32 Å². The minimum absolute atomic E-state index is 0.215. The Labute approximate surface area is 117 Å². The van der Waals surface area contributed by atoms with Crippen molar-refractivity contribution in [3.63, 3.8) is 0 Å². The molecular weight excluding hydrogens is 250 g/mol. The fourth-order valence-corrected chi connectivity index (χ4v) is 2.27. The number of hydrogen-bond acceptors (Lipinski definition) is 3. The molecule has 4 heteroatoms. The summed E-state index contributed by atoms with van der Waals surface area (Å²) in [5.41, 5.74) is 2.90. The molecule has 0 aliphatic carbocycles. The van der Waals surface area contributed by atoms with Crippen molar-refractivity contribution in [2.45, 2.75) is 13.5 Å². The number of H-pyrrole nitrogens is 1. The highest BCUT2D eigenvalue weighted by molar-refractivity contribution is 5.87. The Kier molecular flexibility index (Phi) is 3.21. The van der Waals surface area contributed by atoms with Gasteiger partial charge in [0, 0.05) is 22.7 Å². The van der Waals surface area contributed by atoms with E-state index in [9.17, 15) is 5.11 Å². The number of aromatic nitrogens is 2. The lowest BCUT2D eigenvalue weighted by atomic mass is 10.1. The van der Waals surface area contributed by atoms with Gasteiger partial charge < -0.3 is 5.11 Å². The largest absolute Gasteiger partial charge is 0.506 e. The maximum atomic E-state index is 9.84. The number of benzene rings is 1. The summed E-state index contributed by atoms with van der Waals surface area (Å²) in [6.45, 7) is 2.72. The number of anilines is 1. The summed E-state index contributed by atoms with van der Waals surface area (Å²) in [6, 6.07) is 11.5. The van der Waals surface area contributed by atoms with Crippen LogP contribution in [-0.4, -0.2) is 10.1 Å². The van der Waals surface area contributed by atoms with Crippen molar-refractivity contribution in [1.29, 1.82) is 0 Å². The quantitative estimate of drug-likeness (QED) is 0.766. The van der Waals surface area contributed by atoms with Gasteiger partial charge in [-0.25, -0.2) is 4.98 Å². The highest BCUT2D eigenvalue weighted by Gasteiger charge is 2.09. The van der Waals surface area contributed by atoms with E-state index in [1.54, 1.807) is 12.3 Å². The predicted octanol–water partition coefficient (Wildman–Crippen LogP) is 2.68. The Morgan fingerprint density at radius 3 is 2.95 bits per heavy atom. The summed E-state index contributed by atoms with van der Waals surface area (Å²) in [5.74, 6) is 1.21. The third-order valence-electron chi connectivity index (χ3n) is 3.36. The van der Waals surface area contributed by atoms with Gasteiger partial charge in [-0.15, -0.1) is 0 Å². The summed E-state index contributed by atoms with van der Waals surface area (Å²) in [7, 11) is 0. The van der Waals surface area contributed by atoms with Crippen LogP contribution in [0.3, 0.4) is 0 Å². The normalized spacial score (nSPS) is 10.7. The van der Waals surface area contributed by atoms with E-state index >= 15 is 0 Å². The highest BCUT2D eigenvalue weighted by atomic mass is 16.3. The second-order valence-electron chi connectivity index (χ2n) is 4.73. The smallest absolute Gasteiger partial charge is 0.275 e. The Morgan fingerprint density at radius 2 is 2.10 bits per heavy atom. The van der Waals surface area contributed by atoms with E-state index in [1.807, 2.05) is 30.5 Å². The van der Waals surface area contributed by atoms with E-state index in [1.165, 1.54) is 0 Å². The third-order valence-corrected chi connectivity index (χ3v) is 3.36. The zero-order valence-corrected chi connectivity index (χ0v) is 11.2. The zero-order valence-electron chi connectivity index (χ0n) is 11.2. The van der Waals surface area contributed by atoms with Crippen molar-refractivity contribution < 1.29 is 10.1 Å². The Balaban J connectivity index is 1.92. The molecular formula is C16H16N3O+. The van der Waals surface area contributed by atoms with Crippen LogP contribution in [0.4, 0.5) is 5.82 Å². The Bertz CT molecular complexity index is 756. The van der Waals surface area contributed by atoms with Gasteiger partial charge in [0.25, 0.3) is 5.82 Å². The first-order chi connectivity index (χ1) is 9.75. The molecule has 2 heterocycles. The molecule has 100 valence electrons. The van der Waals surface area contributed by atoms with Crippen LogP contribution in [0.15, 0.2) is 48.8 Å². The van der Waals surface area contributed by atoms with Gasteiger partial charge in [-0.2, -0.15) is 0 Å². The maximum absolute atomic E-state index is 9.84. The number of rotatable bonds is 3. The number of hydrogen-bond donors (Lipinski definition) is 2.